The number of benzene rings is 1. The Hall–Kier alpha value is -1.84. The van der Waals surface area contributed by atoms with E-state index >= 15 is 0 Å². The van der Waals surface area contributed by atoms with E-state index < -0.39 is 0 Å². The first kappa shape index (κ1) is 20.9. The van der Waals surface area contributed by atoms with Gasteiger partial charge in [0, 0.05) is 12.0 Å². The molecule has 4 heteroatoms. The van der Waals surface area contributed by atoms with Gasteiger partial charge in [0.25, 0.3) is 0 Å². The van der Waals surface area contributed by atoms with Crippen LogP contribution in [0.2, 0.25) is 0 Å². The molecule has 4 nitrogen and oxygen atoms in total. The van der Waals surface area contributed by atoms with Gasteiger partial charge in [0.1, 0.15) is 0 Å². The van der Waals surface area contributed by atoms with Crippen LogP contribution in [0.5, 0.6) is 0 Å². The van der Waals surface area contributed by atoms with Crippen molar-refractivity contribution in [2.45, 2.75) is 96.8 Å². The molecule has 0 saturated heterocycles. The minimum absolute atomic E-state index is 0.630. The Morgan fingerprint density at radius 2 is 1.39 bits per heavy atom. The van der Waals surface area contributed by atoms with Crippen molar-refractivity contribution in [3.05, 3.63) is 35.7 Å². The molecule has 1 aliphatic rings. The van der Waals surface area contributed by atoms with Crippen molar-refractivity contribution in [2.24, 2.45) is 5.92 Å². The second-order valence-electron chi connectivity index (χ2n) is 8.43. The number of rotatable bonds is 10. The van der Waals surface area contributed by atoms with Gasteiger partial charge in [-0.1, -0.05) is 76.6 Å². The topological polar surface area (TPSA) is 51.6 Å². The van der Waals surface area contributed by atoms with E-state index in [0.717, 1.165) is 36.1 Å². The zero-order chi connectivity index (χ0) is 19.6. The van der Waals surface area contributed by atoms with Gasteiger partial charge in [-0.15, -0.1) is 20.4 Å². The van der Waals surface area contributed by atoms with E-state index in [9.17, 15) is 0 Å². The molecule has 1 aromatic heterocycles. The summed E-state index contributed by atoms with van der Waals surface area (Å²) in [4.78, 5) is 0. The summed E-state index contributed by atoms with van der Waals surface area (Å²) in [6, 6.07) is 8.79. The van der Waals surface area contributed by atoms with Crippen molar-refractivity contribution < 1.29 is 0 Å². The van der Waals surface area contributed by atoms with Gasteiger partial charge in [-0.2, -0.15) is 0 Å². The van der Waals surface area contributed by atoms with E-state index in [0.29, 0.717) is 5.82 Å². The number of hydrogen-bond acceptors (Lipinski definition) is 4. The lowest BCUT2D eigenvalue weighted by Crippen LogP contribution is -2.13. The maximum atomic E-state index is 4.29. The molecule has 3 rings (SSSR count). The van der Waals surface area contributed by atoms with E-state index in [1.807, 2.05) is 0 Å². The van der Waals surface area contributed by atoms with Crippen LogP contribution in [0.25, 0.3) is 11.4 Å². The molecule has 0 bridgehead atoms. The largest absolute Gasteiger partial charge is 0.203 e. The molecule has 0 atom stereocenters. The van der Waals surface area contributed by atoms with E-state index in [2.05, 4.69) is 58.5 Å². The Labute approximate surface area is 170 Å². The number of hydrogen-bond donors (Lipinski definition) is 0. The first-order chi connectivity index (χ1) is 13.8. The summed E-state index contributed by atoms with van der Waals surface area (Å²) < 4.78 is 0. The summed E-state index contributed by atoms with van der Waals surface area (Å²) in [6.45, 7) is 4.49. The highest BCUT2D eigenvalue weighted by Gasteiger charge is 2.22. The fraction of sp³-hybridized carbons (Fsp3) is 0.667. The monoisotopic (exact) mass is 380 g/mol. The Morgan fingerprint density at radius 1 is 0.750 bits per heavy atom. The maximum absolute atomic E-state index is 4.29. The molecule has 0 spiro atoms. The van der Waals surface area contributed by atoms with Crippen LogP contribution < -0.4 is 0 Å². The Kier molecular flexibility index (Phi) is 8.38. The molecular formula is C24H36N4. The van der Waals surface area contributed by atoms with Gasteiger partial charge in [0.2, 0.25) is 5.82 Å². The molecule has 1 saturated carbocycles. The molecule has 0 aliphatic heterocycles. The summed E-state index contributed by atoms with van der Waals surface area (Å²) in [5.41, 5.74) is 2.48. The van der Waals surface area contributed by atoms with Crippen LogP contribution >= 0.6 is 0 Å². The van der Waals surface area contributed by atoms with Crippen LogP contribution in [-0.4, -0.2) is 20.4 Å². The second-order valence-corrected chi connectivity index (χ2v) is 8.43. The lowest BCUT2D eigenvalue weighted by Gasteiger charge is -2.29. The van der Waals surface area contributed by atoms with E-state index in [4.69, 9.17) is 0 Å². The molecule has 0 amide bonds. The molecule has 1 heterocycles. The van der Waals surface area contributed by atoms with Crippen molar-refractivity contribution in [3.8, 4) is 11.4 Å². The Morgan fingerprint density at radius 3 is 2.04 bits per heavy atom. The summed E-state index contributed by atoms with van der Waals surface area (Å²) >= 11 is 0. The molecule has 0 radical (unpaired) electrons. The van der Waals surface area contributed by atoms with Crippen LogP contribution in [0.4, 0.5) is 0 Å². The molecule has 1 fully saturated rings. The van der Waals surface area contributed by atoms with Crippen molar-refractivity contribution in [1.82, 2.24) is 20.4 Å². The van der Waals surface area contributed by atoms with E-state index in [1.54, 1.807) is 0 Å². The highest BCUT2D eigenvalue weighted by Crippen LogP contribution is 2.38. The van der Waals surface area contributed by atoms with Crippen molar-refractivity contribution in [3.63, 3.8) is 0 Å². The maximum Gasteiger partial charge on any atom is 0.203 e. The molecule has 2 aromatic rings. The summed E-state index contributed by atoms with van der Waals surface area (Å²) in [6.07, 6.45) is 15.4. The van der Waals surface area contributed by atoms with Gasteiger partial charge < -0.3 is 0 Å². The number of nitrogens with zero attached hydrogens (tertiary/aromatic N) is 4. The van der Waals surface area contributed by atoms with Gasteiger partial charge in [-0.05, 0) is 49.5 Å². The summed E-state index contributed by atoms with van der Waals surface area (Å²) in [5, 5.41) is 17.1. The molecule has 28 heavy (non-hydrogen) atoms. The zero-order valence-corrected chi connectivity index (χ0v) is 17.7. The second kappa shape index (κ2) is 11.2. The van der Waals surface area contributed by atoms with Gasteiger partial charge in [0.15, 0.2) is 5.82 Å². The third-order valence-corrected chi connectivity index (χ3v) is 6.23. The van der Waals surface area contributed by atoms with Crippen molar-refractivity contribution >= 4 is 0 Å². The van der Waals surface area contributed by atoms with Gasteiger partial charge >= 0.3 is 0 Å². The standard InChI is InChI=1S/C24H36N4/c1-3-5-7-9-19-11-13-20(14-12-19)21-15-17-22(18-16-21)24-27-25-23(26-28-24)10-8-6-4-2/h15-20H,3-14H2,1-2H3/t19-,20-. The first-order valence-corrected chi connectivity index (χ1v) is 11.5. The molecule has 1 aliphatic carbocycles. The molecular weight excluding hydrogens is 344 g/mol. The SMILES string of the molecule is CCCCCc1nnc(-c2ccc([C@H]3CC[C@H](CCCCC)CC3)cc2)nn1. The highest BCUT2D eigenvalue weighted by atomic mass is 15.3. The van der Waals surface area contributed by atoms with Crippen molar-refractivity contribution in [2.75, 3.05) is 0 Å². The molecule has 1 aromatic carbocycles. The Bertz CT molecular complexity index is 673. The highest BCUT2D eigenvalue weighted by molar-refractivity contribution is 5.54. The lowest BCUT2D eigenvalue weighted by atomic mass is 9.77. The predicted octanol–water partition coefficient (Wildman–Crippen LogP) is 6.52. The third-order valence-electron chi connectivity index (χ3n) is 6.23. The molecule has 0 unspecified atom stereocenters. The average molecular weight is 381 g/mol. The third kappa shape index (κ3) is 6.08. The quantitative estimate of drug-likeness (QED) is 0.440. The minimum Gasteiger partial charge on any atom is -0.131 e. The predicted molar refractivity (Wildman–Crippen MR) is 115 cm³/mol. The van der Waals surface area contributed by atoms with Gasteiger partial charge in [-0.25, -0.2) is 0 Å². The Balaban J connectivity index is 1.51. The van der Waals surface area contributed by atoms with E-state index in [-0.39, 0.29) is 0 Å². The normalized spacial score (nSPS) is 19.6. The lowest BCUT2D eigenvalue weighted by molar-refractivity contribution is 0.303. The van der Waals surface area contributed by atoms with E-state index in [1.165, 1.54) is 69.8 Å². The average Bonchev–Trinajstić information content (AvgIpc) is 2.75. The first-order valence-electron chi connectivity index (χ1n) is 11.5. The van der Waals surface area contributed by atoms with Crippen LogP contribution in [0.15, 0.2) is 24.3 Å². The fourth-order valence-electron chi connectivity index (χ4n) is 4.37. The van der Waals surface area contributed by atoms with Crippen LogP contribution in [0, 0.1) is 5.92 Å². The smallest absolute Gasteiger partial charge is 0.131 e. The van der Waals surface area contributed by atoms with Crippen molar-refractivity contribution in [1.29, 1.82) is 0 Å². The van der Waals surface area contributed by atoms with Crippen LogP contribution in [0.3, 0.4) is 0 Å². The molecule has 152 valence electrons. The number of aryl methyl sites for hydroxylation is 1. The summed E-state index contributed by atoms with van der Waals surface area (Å²) in [5.74, 6) is 3.06. The fourth-order valence-corrected chi connectivity index (χ4v) is 4.37. The summed E-state index contributed by atoms with van der Waals surface area (Å²) in [7, 11) is 0. The van der Waals surface area contributed by atoms with Crippen LogP contribution in [-0.2, 0) is 6.42 Å². The van der Waals surface area contributed by atoms with Crippen LogP contribution in [0.1, 0.15) is 102 Å². The zero-order valence-electron chi connectivity index (χ0n) is 17.7. The number of unbranched alkanes of at least 4 members (excludes halogenated alkanes) is 4. The number of aromatic nitrogens is 4. The minimum atomic E-state index is 0.630. The van der Waals surface area contributed by atoms with Gasteiger partial charge in [-0.3, -0.25) is 0 Å². The molecule has 0 N–H and O–H groups in total. The van der Waals surface area contributed by atoms with Gasteiger partial charge in [0.05, 0.1) is 0 Å².